The summed E-state index contributed by atoms with van der Waals surface area (Å²) in [4.78, 5) is 15.0. The number of amides is 1. The fourth-order valence-corrected chi connectivity index (χ4v) is 4.66. The van der Waals surface area contributed by atoms with Gasteiger partial charge in [-0.15, -0.1) is 10.2 Å². The molecule has 4 rings (SSSR count). The third-order valence-electron chi connectivity index (χ3n) is 5.34. The number of ether oxygens (including phenoxy) is 1. The topological polar surface area (TPSA) is 60.2 Å². The molecule has 1 aliphatic rings. The molecule has 162 valence electrons. The van der Waals surface area contributed by atoms with Crippen molar-refractivity contribution in [1.82, 2.24) is 19.7 Å². The van der Waals surface area contributed by atoms with Crippen LogP contribution in [0.4, 0.5) is 0 Å². The fourth-order valence-electron chi connectivity index (χ4n) is 3.69. The Bertz CT molecular complexity index is 1060. The van der Waals surface area contributed by atoms with Crippen LogP contribution in [0.5, 0.6) is 0 Å². The second kappa shape index (κ2) is 9.66. The van der Waals surface area contributed by atoms with Crippen molar-refractivity contribution >= 4 is 17.7 Å². The molecular weight excluding hydrogens is 408 g/mol. The highest BCUT2D eigenvalue weighted by Crippen LogP contribution is 2.29. The van der Waals surface area contributed by atoms with Gasteiger partial charge in [-0.1, -0.05) is 55.9 Å². The second-order valence-electron chi connectivity index (χ2n) is 8.02. The average molecular weight is 437 g/mol. The monoisotopic (exact) mass is 436 g/mol. The SMILES string of the molecule is Cc1cccc(-n2c(SCc3ccccc3C(=O)N3CCOCC3)nnc2C(C)C)c1. The number of hydrogen-bond donors (Lipinski definition) is 0. The first kappa shape index (κ1) is 21.6. The van der Waals surface area contributed by atoms with Crippen molar-refractivity contribution in [1.29, 1.82) is 0 Å². The Morgan fingerprint density at radius 2 is 1.87 bits per heavy atom. The van der Waals surface area contributed by atoms with Crippen LogP contribution >= 0.6 is 11.8 Å². The number of thioether (sulfide) groups is 1. The smallest absolute Gasteiger partial charge is 0.254 e. The van der Waals surface area contributed by atoms with Crippen molar-refractivity contribution in [3.63, 3.8) is 0 Å². The number of aromatic nitrogens is 3. The molecule has 1 aliphatic heterocycles. The summed E-state index contributed by atoms with van der Waals surface area (Å²) < 4.78 is 7.52. The van der Waals surface area contributed by atoms with Crippen molar-refractivity contribution < 1.29 is 9.53 Å². The third kappa shape index (κ3) is 4.83. The van der Waals surface area contributed by atoms with Crippen molar-refractivity contribution in [3.8, 4) is 5.69 Å². The largest absolute Gasteiger partial charge is 0.378 e. The number of nitrogens with zero attached hydrogens (tertiary/aromatic N) is 4. The molecule has 31 heavy (non-hydrogen) atoms. The van der Waals surface area contributed by atoms with E-state index in [4.69, 9.17) is 4.74 Å². The highest BCUT2D eigenvalue weighted by atomic mass is 32.2. The summed E-state index contributed by atoms with van der Waals surface area (Å²) >= 11 is 1.61. The van der Waals surface area contributed by atoms with Crippen molar-refractivity contribution in [2.24, 2.45) is 0 Å². The number of carbonyl (C=O) groups is 1. The molecule has 1 saturated heterocycles. The maximum absolute atomic E-state index is 13.1. The summed E-state index contributed by atoms with van der Waals surface area (Å²) in [5, 5.41) is 9.79. The Hall–Kier alpha value is -2.64. The van der Waals surface area contributed by atoms with Gasteiger partial charge < -0.3 is 9.64 Å². The van der Waals surface area contributed by atoms with Crippen LogP contribution in [-0.4, -0.2) is 51.9 Å². The first-order valence-electron chi connectivity index (χ1n) is 10.6. The summed E-state index contributed by atoms with van der Waals surface area (Å²) in [6.07, 6.45) is 0. The number of rotatable bonds is 6. The van der Waals surface area contributed by atoms with E-state index >= 15 is 0 Å². The third-order valence-corrected chi connectivity index (χ3v) is 6.32. The van der Waals surface area contributed by atoms with Gasteiger partial charge in [0.05, 0.1) is 13.2 Å². The molecule has 0 unspecified atom stereocenters. The Labute approximate surface area is 187 Å². The molecule has 6 nitrogen and oxygen atoms in total. The van der Waals surface area contributed by atoms with E-state index in [1.165, 1.54) is 5.56 Å². The number of hydrogen-bond acceptors (Lipinski definition) is 5. The molecule has 0 spiro atoms. The summed E-state index contributed by atoms with van der Waals surface area (Å²) in [7, 11) is 0. The predicted octanol–water partition coefficient (Wildman–Crippen LogP) is 4.46. The van der Waals surface area contributed by atoms with E-state index in [1.54, 1.807) is 11.8 Å². The first-order chi connectivity index (χ1) is 15.0. The van der Waals surface area contributed by atoms with Gasteiger partial charge in [0, 0.05) is 36.0 Å². The normalized spacial score (nSPS) is 14.3. The molecule has 2 aromatic carbocycles. The number of morpholine rings is 1. The molecule has 1 fully saturated rings. The second-order valence-corrected chi connectivity index (χ2v) is 8.96. The molecule has 0 aliphatic carbocycles. The highest BCUT2D eigenvalue weighted by Gasteiger charge is 2.22. The molecule has 1 amide bonds. The van der Waals surface area contributed by atoms with Gasteiger partial charge in [0.2, 0.25) is 0 Å². The van der Waals surface area contributed by atoms with Gasteiger partial charge in [0.15, 0.2) is 5.16 Å². The molecule has 1 aromatic heterocycles. The number of aryl methyl sites for hydroxylation is 1. The number of benzene rings is 2. The van der Waals surface area contributed by atoms with Gasteiger partial charge in [-0.25, -0.2) is 0 Å². The van der Waals surface area contributed by atoms with Gasteiger partial charge in [-0.2, -0.15) is 0 Å². The predicted molar refractivity (Wildman–Crippen MR) is 123 cm³/mol. The number of carbonyl (C=O) groups excluding carboxylic acids is 1. The van der Waals surface area contributed by atoms with Crippen LogP contribution in [0.15, 0.2) is 53.7 Å². The molecule has 2 heterocycles. The Kier molecular flexibility index (Phi) is 6.73. The van der Waals surface area contributed by atoms with E-state index in [0.29, 0.717) is 32.1 Å². The lowest BCUT2D eigenvalue weighted by Gasteiger charge is -2.27. The van der Waals surface area contributed by atoms with Crippen LogP contribution in [-0.2, 0) is 10.5 Å². The van der Waals surface area contributed by atoms with Crippen molar-refractivity contribution in [2.75, 3.05) is 26.3 Å². The van der Waals surface area contributed by atoms with Gasteiger partial charge in [-0.3, -0.25) is 9.36 Å². The van der Waals surface area contributed by atoms with E-state index in [2.05, 4.69) is 59.8 Å². The van der Waals surface area contributed by atoms with Gasteiger partial charge in [-0.05, 0) is 36.2 Å². The average Bonchev–Trinajstić information content (AvgIpc) is 3.22. The maximum atomic E-state index is 13.1. The minimum absolute atomic E-state index is 0.0718. The molecule has 0 radical (unpaired) electrons. The Balaban J connectivity index is 1.60. The zero-order chi connectivity index (χ0) is 21.8. The molecule has 7 heteroatoms. The van der Waals surface area contributed by atoms with Crippen LogP contribution < -0.4 is 0 Å². The standard InChI is InChI=1S/C24H28N4O2S/c1-17(2)22-25-26-24(28(22)20-9-6-7-18(3)15-20)31-16-19-8-4-5-10-21(19)23(29)27-11-13-30-14-12-27/h4-10,15,17H,11-14,16H2,1-3H3. The van der Waals surface area contributed by atoms with E-state index in [9.17, 15) is 4.79 Å². The van der Waals surface area contributed by atoms with Crippen LogP contribution in [0, 0.1) is 6.92 Å². The summed E-state index contributed by atoms with van der Waals surface area (Å²) in [6, 6.07) is 16.2. The van der Waals surface area contributed by atoms with Crippen LogP contribution in [0.2, 0.25) is 0 Å². The zero-order valence-electron chi connectivity index (χ0n) is 18.2. The summed E-state index contributed by atoms with van der Waals surface area (Å²) in [5.41, 5.74) is 4.02. The van der Waals surface area contributed by atoms with Gasteiger partial charge in [0.1, 0.15) is 5.82 Å². The van der Waals surface area contributed by atoms with E-state index in [1.807, 2.05) is 29.2 Å². The Morgan fingerprint density at radius 1 is 1.10 bits per heavy atom. The lowest BCUT2D eigenvalue weighted by atomic mass is 10.1. The fraction of sp³-hybridized carbons (Fsp3) is 0.375. The molecule has 0 saturated carbocycles. The van der Waals surface area contributed by atoms with Crippen molar-refractivity contribution in [2.45, 2.75) is 37.6 Å². The summed E-state index contributed by atoms with van der Waals surface area (Å²) in [6.45, 7) is 8.81. The quantitative estimate of drug-likeness (QED) is 0.534. The summed E-state index contributed by atoms with van der Waals surface area (Å²) in [5.74, 6) is 1.90. The van der Waals surface area contributed by atoms with E-state index in [-0.39, 0.29) is 11.8 Å². The molecular formula is C24H28N4O2S. The van der Waals surface area contributed by atoms with Gasteiger partial charge >= 0.3 is 0 Å². The molecule has 0 bridgehead atoms. The van der Waals surface area contributed by atoms with Gasteiger partial charge in [0.25, 0.3) is 5.91 Å². The van der Waals surface area contributed by atoms with Crippen LogP contribution in [0.3, 0.4) is 0 Å². The lowest BCUT2D eigenvalue weighted by Crippen LogP contribution is -2.41. The molecule has 3 aromatic rings. The van der Waals surface area contributed by atoms with E-state index < -0.39 is 0 Å². The highest BCUT2D eigenvalue weighted by molar-refractivity contribution is 7.98. The van der Waals surface area contributed by atoms with E-state index in [0.717, 1.165) is 27.8 Å². The first-order valence-corrected chi connectivity index (χ1v) is 11.6. The van der Waals surface area contributed by atoms with Crippen LogP contribution in [0.1, 0.15) is 47.1 Å². The van der Waals surface area contributed by atoms with Crippen molar-refractivity contribution in [3.05, 3.63) is 71.0 Å². The maximum Gasteiger partial charge on any atom is 0.254 e. The Morgan fingerprint density at radius 3 is 2.61 bits per heavy atom. The zero-order valence-corrected chi connectivity index (χ0v) is 19.1. The minimum atomic E-state index is 0.0718. The van der Waals surface area contributed by atoms with Crippen LogP contribution in [0.25, 0.3) is 5.69 Å². The molecule has 0 atom stereocenters. The minimum Gasteiger partial charge on any atom is -0.378 e. The lowest BCUT2D eigenvalue weighted by molar-refractivity contribution is 0.0302. The molecule has 0 N–H and O–H groups in total.